The average Bonchev–Trinajstić information content (AvgIpc) is 2.44. The third-order valence-corrected chi connectivity index (χ3v) is 3.15. The topological polar surface area (TPSA) is 79.8 Å². The molecule has 6 nitrogen and oxygen atoms in total. The molecule has 1 amide bonds. The zero-order chi connectivity index (χ0) is 15.3. The molecule has 0 aliphatic carbocycles. The molecule has 0 spiro atoms. The first-order chi connectivity index (χ1) is 9.60. The van der Waals surface area contributed by atoms with Crippen LogP contribution in [0.5, 0.6) is 0 Å². The number of carboxylic acid groups (broad SMARTS) is 1. The van der Waals surface area contributed by atoms with Crippen molar-refractivity contribution in [3.8, 4) is 12.3 Å². The normalized spacial score (nSPS) is 11.1. The number of carbonyl (C=O) groups is 1. The molecule has 0 unspecified atom stereocenters. The van der Waals surface area contributed by atoms with Gasteiger partial charge in [0, 0.05) is 45.9 Å². The van der Waals surface area contributed by atoms with E-state index in [9.17, 15) is 4.79 Å². The summed E-state index contributed by atoms with van der Waals surface area (Å²) in [5, 5.41) is 14.7. The highest BCUT2D eigenvalue weighted by Gasteiger charge is 2.29. The van der Waals surface area contributed by atoms with Crippen LogP contribution in [0.3, 0.4) is 0 Å². The number of hydrogen-bond acceptors (Lipinski definition) is 4. The summed E-state index contributed by atoms with van der Waals surface area (Å²) < 4.78 is 10.2. The van der Waals surface area contributed by atoms with Crippen LogP contribution in [0.1, 0.15) is 25.7 Å². The van der Waals surface area contributed by atoms with Crippen LogP contribution >= 0.6 is 0 Å². The molecule has 116 valence electrons. The fraction of sp³-hybridized carbons (Fsp3) is 0.786. The molecule has 0 saturated carbocycles. The summed E-state index contributed by atoms with van der Waals surface area (Å²) in [6.45, 7) is 2.14. The van der Waals surface area contributed by atoms with Crippen LogP contribution in [0.25, 0.3) is 0 Å². The molecule has 0 atom stereocenters. The maximum Gasteiger partial charge on any atom is 0.404 e. The second kappa shape index (κ2) is 11.5. The van der Waals surface area contributed by atoms with Crippen molar-refractivity contribution < 1.29 is 19.4 Å². The summed E-state index contributed by atoms with van der Waals surface area (Å²) in [4.78, 5) is 10.7. The van der Waals surface area contributed by atoms with Gasteiger partial charge in [-0.3, -0.25) is 0 Å². The highest BCUT2D eigenvalue weighted by atomic mass is 16.5. The summed E-state index contributed by atoms with van der Waals surface area (Å²) in [7, 11) is 3.26. The van der Waals surface area contributed by atoms with E-state index in [4.69, 9.17) is 21.0 Å². The summed E-state index contributed by atoms with van der Waals surface area (Å²) in [5.41, 5.74) is -0.376. The van der Waals surface area contributed by atoms with E-state index in [1.165, 1.54) is 0 Å². The molecule has 0 bridgehead atoms. The molecule has 0 heterocycles. The SMILES string of the molecule is C#CCCCNC(CCOC)(CCOC)CNC(=O)O. The van der Waals surface area contributed by atoms with E-state index < -0.39 is 6.09 Å². The minimum atomic E-state index is -1.03. The Labute approximate surface area is 121 Å². The van der Waals surface area contributed by atoms with Gasteiger partial charge >= 0.3 is 6.09 Å². The quantitative estimate of drug-likeness (QED) is 0.369. The summed E-state index contributed by atoms with van der Waals surface area (Å²) >= 11 is 0. The largest absolute Gasteiger partial charge is 0.465 e. The van der Waals surface area contributed by atoms with Gasteiger partial charge in [0.2, 0.25) is 0 Å². The maximum absolute atomic E-state index is 10.7. The van der Waals surface area contributed by atoms with Gasteiger partial charge < -0.3 is 25.2 Å². The number of unbranched alkanes of at least 4 members (excludes halogenated alkanes) is 1. The third-order valence-electron chi connectivity index (χ3n) is 3.15. The van der Waals surface area contributed by atoms with Crippen molar-refractivity contribution in [2.75, 3.05) is 40.5 Å². The van der Waals surface area contributed by atoms with Crippen molar-refractivity contribution in [3.63, 3.8) is 0 Å². The first kappa shape index (κ1) is 18.7. The number of methoxy groups -OCH3 is 2. The number of nitrogens with one attached hydrogen (secondary N) is 2. The van der Waals surface area contributed by atoms with Crippen molar-refractivity contribution in [2.45, 2.75) is 31.2 Å². The van der Waals surface area contributed by atoms with E-state index >= 15 is 0 Å². The van der Waals surface area contributed by atoms with Crippen molar-refractivity contribution in [1.29, 1.82) is 0 Å². The summed E-state index contributed by atoms with van der Waals surface area (Å²) in [5.74, 6) is 2.59. The lowest BCUT2D eigenvalue weighted by molar-refractivity contribution is 0.112. The zero-order valence-corrected chi connectivity index (χ0v) is 12.4. The third kappa shape index (κ3) is 8.75. The minimum Gasteiger partial charge on any atom is -0.465 e. The van der Waals surface area contributed by atoms with Crippen LogP contribution in [0.4, 0.5) is 4.79 Å². The molecule has 0 aliphatic rings. The van der Waals surface area contributed by atoms with E-state index in [0.29, 0.717) is 39.0 Å². The van der Waals surface area contributed by atoms with E-state index in [0.717, 1.165) is 13.0 Å². The molecule has 0 aromatic carbocycles. The Kier molecular flexibility index (Phi) is 10.8. The Morgan fingerprint density at radius 2 is 1.90 bits per heavy atom. The first-order valence-corrected chi connectivity index (χ1v) is 6.73. The van der Waals surface area contributed by atoms with Gasteiger partial charge in [0.25, 0.3) is 0 Å². The zero-order valence-electron chi connectivity index (χ0n) is 12.4. The van der Waals surface area contributed by atoms with Crippen molar-refractivity contribution in [2.24, 2.45) is 0 Å². The van der Waals surface area contributed by atoms with E-state index in [1.54, 1.807) is 14.2 Å². The summed E-state index contributed by atoms with van der Waals surface area (Å²) in [6.07, 6.45) is 7.14. The van der Waals surface area contributed by atoms with Gasteiger partial charge in [0.05, 0.1) is 0 Å². The van der Waals surface area contributed by atoms with Gasteiger partial charge in [0.15, 0.2) is 0 Å². The van der Waals surface area contributed by atoms with Crippen LogP contribution in [0.15, 0.2) is 0 Å². The van der Waals surface area contributed by atoms with E-state index in [1.807, 2.05) is 0 Å². The van der Waals surface area contributed by atoms with Gasteiger partial charge in [0.1, 0.15) is 0 Å². The molecule has 0 fully saturated rings. The molecule has 0 rings (SSSR count). The van der Waals surface area contributed by atoms with Gasteiger partial charge in [-0.05, 0) is 25.8 Å². The number of rotatable bonds is 12. The van der Waals surface area contributed by atoms with Crippen LogP contribution in [0.2, 0.25) is 0 Å². The summed E-state index contributed by atoms with van der Waals surface area (Å²) in [6, 6.07) is 0. The van der Waals surface area contributed by atoms with Crippen molar-refractivity contribution in [3.05, 3.63) is 0 Å². The van der Waals surface area contributed by atoms with Crippen LogP contribution in [-0.2, 0) is 9.47 Å². The molecule has 0 saturated heterocycles. The average molecular weight is 286 g/mol. The number of amides is 1. The van der Waals surface area contributed by atoms with E-state index in [-0.39, 0.29) is 5.54 Å². The van der Waals surface area contributed by atoms with Crippen LogP contribution in [-0.4, -0.2) is 57.3 Å². The van der Waals surface area contributed by atoms with Crippen molar-refractivity contribution in [1.82, 2.24) is 10.6 Å². The second-order valence-corrected chi connectivity index (χ2v) is 4.66. The van der Waals surface area contributed by atoms with E-state index in [2.05, 4.69) is 16.6 Å². The standard InChI is InChI=1S/C14H26N2O4/c1-4-5-6-9-16-14(7-10-19-2,8-11-20-3)12-15-13(17)18/h1,15-16H,5-12H2,2-3H3,(H,17,18). The van der Waals surface area contributed by atoms with Crippen LogP contribution < -0.4 is 10.6 Å². The Morgan fingerprint density at radius 3 is 2.35 bits per heavy atom. The highest BCUT2D eigenvalue weighted by molar-refractivity contribution is 5.64. The Balaban J connectivity index is 4.59. The monoisotopic (exact) mass is 286 g/mol. The number of terminal acetylenes is 1. The smallest absolute Gasteiger partial charge is 0.404 e. The molecule has 20 heavy (non-hydrogen) atoms. The molecule has 0 aliphatic heterocycles. The van der Waals surface area contributed by atoms with Gasteiger partial charge in [-0.2, -0.15) is 0 Å². The molecule has 0 aromatic heterocycles. The van der Waals surface area contributed by atoms with Crippen LogP contribution in [0, 0.1) is 12.3 Å². The molecular weight excluding hydrogens is 260 g/mol. The fourth-order valence-corrected chi connectivity index (χ4v) is 1.92. The Bertz CT molecular complexity index is 294. The Hall–Kier alpha value is -1.29. The van der Waals surface area contributed by atoms with Gasteiger partial charge in [-0.15, -0.1) is 12.3 Å². The number of hydrogen-bond donors (Lipinski definition) is 3. The van der Waals surface area contributed by atoms with Gasteiger partial charge in [-0.25, -0.2) is 4.79 Å². The predicted octanol–water partition coefficient (Wildman–Crippen LogP) is 1.07. The Morgan fingerprint density at radius 1 is 1.30 bits per heavy atom. The molecule has 6 heteroatoms. The lowest BCUT2D eigenvalue weighted by Crippen LogP contribution is -2.55. The lowest BCUT2D eigenvalue weighted by Gasteiger charge is -2.35. The number of ether oxygens (including phenoxy) is 2. The second-order valence-electron chi connectivity index (χ2n) is 4.66. The minimum absolute atomic E-state index is 0.311. The van der Waals surface area contributed by atoms with Crippen molar-refractivity contribution >= 4 is 6.09 Å². The molecule has 3 N–H and O–H groups in total. The lowest BCUT2D eigenvalue weighted by atomic mass is 9.91. The molecule has 0 radical (unpaired) electrons. The maximum atomic E-state index is 10.7. The highest BCUT2D eigenvalue weighted by Crippen LogP contribution is 2.16. The molecular formula is C14H26N2O4. The predicted molar refractivity (Wildman–Crippen MR) is 77.8 cm³/mol. The first-order valence-electron chi connectivity index (χ1n) is 6.73. The fourth-order valence-electron chi connectivity index (χ4n) is 1.92. The van der Waals surface area contributed by atoms with Gasteiger partial charge in [-0.1, -0.05) is 0 Å². The molecule has 0 aromatic rings.